The molecule has 1 aliphatic rings. The lowest BCUT2D eigenvalue weighted by atomic mass is 10.1. The summed E-state index contributed by atoms with van der Waals surface area (Å²) < 4.78 is 5.19. The minimum Gasteiger partial charge on any atom is -0.495 e. The van der Waals surface area contributed by atoms with Crippen LogP contribution in [0.4, 0.5) is 5.69 Å². The van der Waals surface area contributed by atoms with E-state index in [4.69, 9.17) is 4.74 Å². The molecular weight excluding hydrogens is 324 g/mol. The number of amides is 1. The number of ketones is 1. The summed E-state index contributed by atoms with van der Waals surface area (Å²) in [5.41, 5.74) is 1.77. The topological polar surface area (TPSA) is 68.3 Å². The first-order valence-corrected chi connectivity index (χ1v) is 8.58. The number of aromatic nitrogens is 1. The van der Waals surface area contributed by atoms with Gasteiger partial charge in [-0.15, -0.1) is 11.3 Å². The average molecular weight is 342 g/mol. The SMILES string of the molecule is COc1ccc(C(=O)/C=C\c2csc(C3CC3)n2)cc1NC(C)=O. The zero-order valence-electron chi connectivity index (χ0n) is 13.5. The summed E-state index contributed by atoms with van der Waals surface area (Å²) in [6.45, 7) is 1.41. The number of nitrogens with one attached hydrogen (secondary N) is 1. The van der Waals surface area contributed by atoms with Gasteiger partial charge in [0.15, 0.2) is 5.78 Å². The Hall–Kier alpha value is -2.47. The van der Waals surface area contributed by atoms with Gasteiger partial charge in [-0.25, -0.2) is 4.98 Å². The Morgan fingerprint density at radius 3 is 2.83 bits per heavy atom. The highest BCUT2D eigenvalue weighted by Gasteiger charge is 2.26. The van der Waals surface area contributed by atoms with Crippen LogP contribution in [0.25, 0.3) is 6.08 Å². The van der Waals surface area contributed by atoms with Crippen LogP contribution in [0.3, 0.4) is 0 Å². The number of anilines is 1. The predicted molar refractivity (Wildman–Crippen MR) is 94.8 cm³/mol. The molecule has 6 heteroatoms. The van der Waals surface area contributed by atoms with Gasteiger partial charge in [0.1, 0.15) is 5.75 Å². The number of hydrogen-bond acceptors (Lipinski definition) is 5. The molecule has 0 atom stereocenters. The van der Waals surface area contributed by atoms with E-state index >= 15 is 0 Å². The van der Waals surface area contributed by atoms with Crippen LogP contribution in [-0.4, -0.2) is 23.8 Å². The maximum atomic E-state index is 12.3. The molecule has 1 N–H and O–H groups in total. The average Bonchev–Trinajstić information content (AvgIpc) is 3.30. The lowest BCUT2D eigenvalue weighted by molar-refractivity contribution is -0.114. The molecular formula is C18H18N2O3S. The Morgan fingerprint density at radius 1 is 1.38 bits per heavy atom. The van der Waals surface area contributed by atoms with Crippen molar-refractivity contribution in [2.75, 3.05) is 12.4 Å². The van der Waals surface area contributed by atoms with Gasteiger partial charge in [0.05, 0.1) is 23.5 Å². The third-order valence-electron chi connectivity index (χ3n) is 3.67. The van der Waals surface area contributed by atoms with Crippen LogP contribution in [0.15, 0.2) is 29.7 Å². The lowest BCUT2D eigenvalue weighted by Gasteiger charge is -2.09. The Kier molecular flexibility index (Phi) is 4.76. The molecule has 1 saturated carbocycles. The van der Waals surface area contributed by atoms with Gasteiger partial charge < -0.3 is 10.1 Å². The molecule has 0 bridgehead atoms. The van der Waals surface area contributed by atoms with Crippen molar-refractivity contribution < 1.29 is 14.3 Å². The number of nitrogens with zero attached hydrogens (tertiary/aromatic N) is 1. The molecule has 2 aromatic rings. The van der Waals surface area contributed by atoms with Crippen LogP contribution in [0.2, 0.25) is 0 Å². The van der Waals surface area contributed by atoms with E-state index in [1.807, 2.05) is 5.38 Å². The minimum absolute atomic E-state index is 0.148. The van der Waals surface area contributed by atoms with Crippen molar-refractivity contribution in [2.24, 2.45) is 0 Å². The molecule has 0 unspecified atom stereocenters. The fourth-order valence-electron chi connectivity index (χ4n) is 2.30. The highest BCUT2D eigenvalue weighted by Crippen LogP contribution is 2.41. The van der Waals surface area contributed by atoms with Crippen molar-refractivity contribution in [1.82, 2.24) is 4.98 Å². The van der Waals surface area contributed by atoms with Crippen molar-refractivity contribution in [1.29, 1.82) is 0 Å². The van der Waals surface area contributed by atoms with Crippen LogP contribution >= 0.6 is 11.3 Å². The second-order valence-electron chi connectivity index (χ2n) is 5.68. The second-order valence-corrected chi connectivity index (χ2v) is 6.57. The van der Waals surface area contributed by atoms with Crippen molar-refractivity contribution in [2.45, 2.75) is 25.7 Å². The van der Waals surface area contributed by atoms with Crippen molar-refractivity contribution >= 4 is 34.8 Å². The summed E-state index contributed by atoms with van der Waals surface area (Å²) in [5, 5.41) is 5.78. The maximum absolute atomic E-state index is 12.3. The van der Waals surface area contributed by atoms with Gasteiger partial charge in [-0.05, 0) is 43.2 Å². The standard InChI is InChI=1S/C18H18N2O3S/c1-11(21)19-15-9-13(5-8-17(15)23-2)16(22)7-6-14-10-24-18(20-14)12-3-4-12/h5-10,12H,3-4H2,1-2H3,(H,19,21)/b7-6-. The van der Waals surface area contributed by atoms with Gasteiger partial charge in [0.2, 0.25) is 5.91 Å². The van der Waals surface area contributed by atoms with Crippen LogP contribution in [0, 0.1) is 0 Å². The van der Waals surface area contributed by atoms with E-state index in [2.05, 4.69) is 10.3 Å². The highest BCUT2D eigenvalue weighted by atomic mass is 32.1. The molecule has 3 rings (SSSR count). The van der Waals surface area contributed by atoms with E-state index in [-0.39, 0.29) is 11.7 Å². The number of benzene rings is 1. The minimum atomic E-state index is -0.219. The molecule has 1 aromatic heterocycles. The molecule has 1 aliphatic carbocycles. The van der Waals surface area contributed by atoms with E-state index in [1.54, 1.807) is 35.6 Å². The third-order valence-corrected chi connectivity index (χ3v) is 4.69. The molecule has 24 heavy (non-hydrogen) atoms. The van der Waals surface area contributed by atoms with Crippen molar-refractivity contribution in [3.8, 4) is 5.75 Å². The zero-order chi connectivity index (χ0) is 17.1. The fraction of sp³-hybridized carbons (Fsp3) is 0.278. The first kappa shape index (κ1) is 16.4. The largest absolute Gasteiger partial charge is 0.495 e. The predicted octanol–water partition coefficient (Wildman–Crippen LogP) is 3.88. The van der Waals surface area contributed by atoms with Crippen LogP contribution in [0.5, 0.6) is 5.75 Å². The van der Waals surface area contributed by atoms with E-state index in [0.717, 1.165) is 10.7 Å². The van der Waals surface area contributed by atoms with Gasteiger partial charge in [-0.1, -0.05) is 0 Å². The summed E-state index contributed by atoms with van der Waals surface area (Å²) in [7, 11) is 1.52. The Bertz CT molecular complexity index is 806. The van der Waals surface area contributed by atoms with E-state index in [1.165, 1.54) is 33.0 Å². The number of carbonyl (C=O) groups excluding carboxylic acids is 2. The number of rotatable bonds is 6. The maximum Gasteiger partial charge on any atom is 0.221 e. The van der Waals surface area contributed by atoms with Gasteiger partial charge >= 0.3 is 0 Å². The molecule has 0 spiro atoms. The molecule has 1 heterocycles. The Labute approximate surface area is 144 Å². The number of hydrogen-bond donors (Lipinski definition) is 1. The third kappa shape index (κ3) is 3.89. The molecule has 124 valence electrons. The molecule has 0 saturated heterocycles. The molecule has 5 nitrogen and oxygen atoms in total. The van der Waals surface area contributed by atoms with Crippen molar-refractivity contribution in [3.05, 3.63) is 45.9 Å². The normalized spacial score (nSPS) is 13.9. The second kappa shape index (κ2) is 6.97. The lowest BCUT2D eigenvalue weighted by Crippen LogP contribution is -2.08. The quantitative estimate of drug-likeness (QED) is 0.639. The summed E-state index contributed by atoms with van der Waals surface area (Å²) in [4.78, 5) is 28.1. The molecule has 0 radical (unpaired) electrons. The molecule has 1 aromatic carbocycles. The first-order valence-electron chi connectivity index (χ1n) is 7.70. The highest BCUT2D eigenvalue weighted by molar-refractivity contribution is 7.09. The van der Waals surface area contributed by atoms with Crippen molar-refractivity contribution in [3.63, 3.8) is 0 Å². The molecule has 1 amide bonds. The van der Waals surface area contributed by atoms with E-state index in [0.29, 0.717) is 22.9 Å². The summed E-state index contributed by atoms with van der Waals surface area (Å²) in [6, 6.07) is 4.96. The first-order chi connectivity index (χ1) is 11.6. The zero-order valence-corrected chi connectivity index (χ0v) is 14.4. The number of carbonyl (C=O) groups is 2. The van der Waals surface area contributed by atoms with Crippen LogP contribution in [0.1, 0.15) is 46.7 Å². The number of thiazole rings is 1. The van der Waals surface area contributed by atoms with Gasteiger partial charge in [0, 0.05) is 23.8 Å². The Balaban J connectivity index is 1.75. The fourth-order valence-corrected chi connectivity index (χ4v) is 3.26. The Morgan fingerprint density at radius 2 is 2.17 bits per heavy atom. The van der Waals surface area contributed by atoms with Gasteiger partial charge in [-0.3, -0.25) is 9.59 Å². The summed E-state index contributed by atoms with van der Waals surface area (Å²) >= 11 is 1.64. The molecule has 0 aliphatic heterocycles. The van der Waals surface area contributed by atoms with Gasteiger partial charge in [-0.2, -0.15) is 0 Å². The van der Waals surface area contributed by atoms with E-state index < -0.39 is 0 Å². The summed E-state index contributed by atoms with van der Waals surface area (Å²) in [5.74, 6) is 0.766. The smallest absolute Gasteiger partial charge is 0.221 e. The monoisotopic (exact) mass is 342 g/mol. The van der Waals surface area contributed by atoms with E-state index in [9.17, 15) is 9.59 Å². The van der Waals surface area contributed by atoms with Crippen LogP contribution in [-0.2, 0) is 4.79 Å². The summed E-state index contributed by atoms with van der Waals surface area (Å²) in [6.07, 6.45) is 5.67. The number of ether oxygens (including phenoxy) is 1. The number of methoxy groups -OCH3 is 1. The van der Waals surface area contributed by atoms with Crippen LogP contribution < -0.4 is 10.1 Å². The number of allylic oxidation sites excluding steroid dienone is 1. The molecule has 1 fully saturated rings. The van der Waals surface area contributed by atoms with Gasteiger partial charge in [0.25, 0.3) is 0 Å².